The zero-order valence-electron chi connectivity index (χ0n) is 8.71. The largest absolute Gasteiger partial charge is 0.395 e. The molecule has 3 nitrogen and oxygen atoms in total. The molecule has 0 spiro atoms. The molecule has 13 heavy (non-hydrogen) atoms. The number of nitrogens with zero attached hydrogens (tertiary/aromatic N) is 2. The van der Waals surface area contributed by atoms with Crippen LogP contribution in [0.1, 0.15) is 19.8 Å². The number of aliphatic hydroxyl groups excluding tert-OH is 1. The average Bonchev–Trinajstić information content (AvgIpc) is 2.09. The van der Waals surface area contributed by atoms with Crippen molar-refractivity contribution >= 4 is 0 Å². The molecule has 1 heterocycles. The van der Waals surface area contributed by atoms with E-state index in [0.717, 1.165) is 19.6 Å². The van der Waals surface area contributed by atoms with E-state index in [0.29, 0.717) is 6.61 Å². The molecule has 0 bridgehead atoms. The third kappa shape index (κ3) is 4.07. The van der Waals surface area contributed by atoms with Crippen molar-refractivity contribution in [3.05, 3.63) is 0 Å². The fourth-order valence-electron chi connectivity index (χ4n) is 1.94. The summed E-state index contributed by atoms with van der Waals surface area (Å²) in [6.07, 6.45) is 2.49. The highest BCUT2D eigenvalue weighted by atomic mass is 16.3. The molecule has 78 valence electrons. The number of rotatable bonds is 3. The second kappa shape index (κ2) is 6.35. The van der Waals surface area contributed by atoms with Gasteiger partial charge in [0.05, 0.1) is 6.61 Å². The van der Waals surface area contributed by atoms with E-state index in [4.69, 9.17) is 5.11 Å². The molecular formula is C10H22N2O. The summed E-state index contributed by atoms with van der Waals surface area (Å²) in [7, 11) is 0. The maximum atomic E-state index is 8.83. The van der Waals surface area contributed by atoms with Crippen molar-refractivity contribution in [1.29, 1.82) is 0 Å². The molecule has 1 fully saturated rings. The van der Waals surface area contributed by atoms with Gasteiger partial charge in [0.15, 0.2) is 0 Å². The Kier molecular flexibility index (Phi) is 5.35. The van der Waals surface area contributed by atoms with Gasteiger partial charge < -0.3 is 14.9 Å². The van der Waals surface area contributed by atoms with Gasteiger partial charge in [-0.05, 0) is 45.6 Å². The third-order valence-electron chi connectivity index (χ3n) is 2.76. The molecule has 0 aromatic rings. The van der Waals surface area contributed by atoms with Crippen molar-refractivity contribution in [2.45, 2.75) is 19.8 Å². The number of aliphatic hydroxyl groups is 1. The first-order chi connectivity index (χ1) is 6.36. The van der Waals surface area contributed by atoms with Crippen LogP contribution in [-0.4, -0.2) is 60.8 Å². The molecule has 1 aliphatic heterocycles. The Morgan fingerprint density at radius 3 is 2.00 bits per heavy atom. The minimum atomic E-state index is 0.303. The van der Waals surface area contributed by atoms with E-state index >= 15 is 0 Å². The van der Waals surface area contributed by atoms with E-state index in [1.807, 2.05) is 0 Å². The predicted molar refractivity (Wildman–Crippen MR) is 54.9 cm³/mol. The maximum Gasteiger partial charge on any atom is 0.0558 e. The average molecular weight is 186 g/mol. The monoisotopic (exact) mass is 186 g/mol. The molecule has 0 amide bonds. The van der Waals surface area contributed by atoms with Gasteiger partial charge in [-0.1, -0.05) is 6.92 Å². The van der Waals surface area contributed by atoms with Crippen molar-refractivity contribution < 1.29 is 5.11 Å². The number of β-amino-alcohol motifs (C(OH)–C–C–N with tert-alkyl or cyclic N) is 1. The lowest BCUT2D eigenvalue weighted by molar-refractivity contribution is 0.157. The van der Waals surface area contributed by atoms with Gasteiger partial charge in [-0.15, -0.1) is 0 Å². The van der Waals surface area contributed by atoms with E-state index in [1.54, 1.807) is 0 Å². The van der Waals surface area contributed by atoms with Crippen molar-refractivity contribution in [3.63, 3.8) is 0 Å². The first-order valence-corrected chi connectivity index (χ1v) is 5.42. The highest BCUT2D eigenvalue weighted by Crippen LogP contribution is 2.02. The summed E-state index contributed by atoms with van der Waals surface area (Å²) in [6, 6.07) is 0. The molecule has 0 aromatic carbocycles. The molecule has 0 saturated carbocycles. The van der Waals surface area contributed by atoms with Crippen LogP contribution < -0.4 is 0 Å². The van der Waals surface area contributed by atoms with Crippen LogP contribution in [0.2, 0.25) is 0 Å². The van der Waals surface area contributed by atoms with Crippen LogP contribution in [0.4, 0.5) is 0 Å². The first kappa shape index (κ1) is 11.0. The molecule has 0 aromatic heterocycles. The SMILES string of the molecule is CCN1CCCN(CCO)CCC1. The van der Waals surface area contributed by atoms with Crippen LogP contribution in [0.3, 0.4) is 0 Å². The van der Waals surface area contributed by atoms with E-state index < -0.39 is 0 Å². The molecule has 1 rings (SSSR count). The van der Waals surface area contributed by atoms with Gasteiger partial charge in [-0.2, -0.15) is 0 Å². The lowest BCUT2D eigenvalue weighted by Gasteiger charge is -2.29. The normalized spacial score (nSPS) is 22.6. The van der Waals surface area contributed by atoms with Crippen molar-refractivity contribution in [2.75, 3.05) is 45.9 Å². The Bertz CT molecular complexity index is 120. The first-order valence-electron chi connectivity index (χ1n) is 5.42. The smallest absolute Gasteiger partial charge is 0.0558 e. The maximum absolute atomic E-state index is 8.83. The zero-order chi connectivity index (χ0) is 9.52. The van der Waals surface area contributed by atoms with E-state index in [2.05, 4.69) is 16.7 Å². The number of hydrogen-bond acceptors (Lipinski definition) is 3. The summed E-state index contributed by atoms with van der Waals surface area (Å²) < 4.78 is 0. The van der Waals surface area contributed by atoms with Crippen LogP contribution in [0.5, 0.6) is 0 Å². The molecule has 0 aliphatic carbocycles. The van der Waals surface area contributed by atoms with Gasteiger partial charge >= 0.3 is 0 Å². The van der Waals surface area contributed by atoms with Crippen molar-refractivity contribution in [3.8, 4) is 0 Å². The minimum absolute atomic E-state index is 0.303. The molecule has 1 aliphatic rings. The van der Waals surface area contributed by atoms with Gasteiger partial charge in [-0.25, -0.2) is 0 Å². The van der Waals surface area contributed by atoms with Gasteiger partial charge in [-0.3, -0.25) is 0 Å². The Hall–Kier alpha value is -0.120. The summed E-state index contributed by atoms with van der Waals surface area (Å²) in [5.74, 6) is 0. The number of hydrogen-bond donors (Lipinski definition) is 1. The second-order valence-electron chi connectivity index (χ2n) is 3.71. The Balaban J connectivity index is 2.22. The van der Waals surface area contributed by atoms with Crippen molar-refractivity contribution in [1.82, 2.24) is 9.80 Å². The van der Waals surface area contributed by atoms with Gasteiger partial charge in [0.2, 0.25) is 0 Å². The van der Waals surface area contributed by atoms with E-state index in [1.165, 1.54) is 32.5 Å². The van der Waals surface area contributed by atoms with Crippen LogP contribution in [0.15, 0.2) is 0 Å². The van der Waals surface area contributed by atoms with Gasteiger partial charge in [0, 0.05) is 6.54 Å². The molecule has 0 radical (unpaired) electrons. The third-order valence-corrected chi connectivity index (χ3v) is 2.76. The van der Waals surface area contributed by atoms with Crippen LogP contribution in [0, 0.1) is 0 Å². The van der Waals surface area contributed by atoms with Crippen LogP contribution in [0.25, 0.3) is 0 Å². The summed E-state index contributed by atoms with van der Waals surface area (Å²) >= 11 is 0. The highest BCUT2D eigenvalue weighted by molar-refractivity contribution is 4.66. The Morgan fingerprint density at radius 1 is 1.00 bits per heavy atom. The van der Waals surface area contributed by atoms with Gasteiger partial charge in [0.25, 0.3) is 0 Å². The zero-order valence-corrected chi connectivity index (χ0v) is 8.71. The molecular weight excluding hydrogens is 164 g/mol. The second-order valence-corrected chi connectivity index (χ2v) is 3.71. The minimum Gasteiger partial charge on any atom is -0.395 e. The standard InChI is InChI=1S/C10H22N2O/c1-2-11-5-3-7-12(9-10-13)8-4-6-11/h13H,2-10H2,1H3. The molecule has 3 heteroatoms. The topological polar surface area (TPSA) is 26.7 Å². The Labute approximate surface area is 81.3 Å². The van der Waals surface area contributed by atoms with Gasteiger partial charge in [0.1, 0.15) is 0 Å². The summed E-state index contributed by atoms with van der Waals surface area (Å²) in [6.45, 7) is 9.31. The predicted octanol–water partition coefficient (Wildman–Crippen LogP) is 0.396. The molecule has 0 unspecified atom stereocenters. The van der Waals surface area contributed by atoms with E-state index in [-0.39, 0.29) is 0 Å². The summed E-state index contributed by atoms with van der Waals surface area (Å²) in [4.78, 5) is 4.88. The fourth-order valence-corrected chi connectivity index (χ4v) is 1.94. The van der Waals surface area contributed by atoms with E-state index in [9.17, 15) is 0 Å². The van der Waals surface area contributed by atoms with Crippen molar-refractivity contribution in [2.24, 2.45) is 0 Å². The van der Waals surface area contributed by atoms with Crippen LogP contribution in [-0.2, 0) is 0 Å². The quantitative estimate of drug-likeness (QED) is 0.691. The van der Waals surface area contributed by atoms with Crippen LogP contribution >= 0.6 is 0 Å². The lowest BCUT2D eigenvalue weighted by atomic mass is 10.2. The molecule has 1 N–H and O–H groups in total. The Morgan fingerprint density at radius 2 is 1.54 bits per heavy atom. The highest BCUT2D eigenvalue weighted by Gasteiger charge is 2.10. The summed E-state index contributed by atoms with van der Waals surface area (Å²) in [5.41, 5.74) is 0. The molecule has 1 saturated heterocycles. The lowest BCUT2D eigenvalue weighted by Crippen LogP contribution is -2.37. The molecule has 0 atom stereocenters. The summed E-state index contributed by atoms with van der Waals surface area (Å²) in [5, 5.41) is 8.83. The fraction of sp³-hybridized carbons (Fsp3) is 1.00.